The molecule has 7 heteroatoms. The van der Waals surface area contributed by atoms with E-state index >= 15 is 0 Å². The maximum Gasteiger partial charge on any atom is 0.271 e. The molecule has 0 aliphatic heterocycles. The summed E-state index contributed by atoms with van der Waals surface area (Å²) in [7, 11) is 0. The number of nitrogens with one attached hydrogen (secondary N) is 3. The average molecular weight is 397 g/mol. The first-order chi connectivity index (χ1) is 14.6. The maximum atomic E-state index is 12.2. The van der Waals surface area contributed by atoms with Crippen molar-refractivity contribution < 1.29 is 4.79 Å². The van der Waals surface area contributed by atoms with E-state index in [2.05, 4.69) is 25.8 Å². The van der Waals surface area contributed by atoms with Gasteiger partial charge in [0.2, 0.25) is 5.95 Å². The molecule has 0 bridgehead atoms. The Morgan fingerprint density at radius 3 is 2.50 bits per heavy atom. The number of carbonyl (C=O) groups excluding carboxylic acids is 1. The Hall–Kier alpha value is -4.26. The Morgan fingerprint density at radius 1 is 1.00 bits per heavy atom. The van der Waals surface area contributed by atoms with E-state index in [4.69, 9.17) is 0 Å². The van der Waals surface area contributed by atoms with Crippen LogP contribution in [-0.2, 0) is 0 Å². The summed E-state index contributed by atoms with van der Waals surface area (Å²) in [6.07, 6.45) is 1.59. The van der Waals surface area contributed by atoms with Crippen LogP contribution < -0.4 is 16.3 Å². The highest BCUT2D eigenvalue weighted by Crippen LogP contribution is 2.15. The number of anilines is 2. The van der Waals surface area contributed by atoms with E-state index in [9.17, 15) is 9.59 Å². The van der Waals surface area contributed by atoms with Crippen LogP contribution in [-0.4, -0.2) is 22.1 Å². The van der Waals surface area contributed by atoms with E-state index in [1.807, 2.05) is 37.3 Å². The standard InChI is InChI=1S/C23H19N5O2/c1-15-6-8-16(9-7-15)14-24-28-21(29)17-10-12-18(13-11-17)25-23-26-20-5-3-2-4-19(20)22(30)27-23/h2-14H,1H3,(H,28,29)(H2,25,26,27,30)/b24-14-. The molecule has 0 saturated heterocycles. The average Bonchev–Trinajstić information content (AvgIpc) is 2.76. The summed E-state index contributed by atoms with van der Waals surface area (Å²) >= 11 is 0. The first-order valence-electron chi connectivity index (χ1n) is 9.35. The second-order valence-corrected chi connectivity index (χ2v) is 6.74. The molecular formula is C23H19N5O2. The molecule has 3 N–H and O–H groups in total. The minimum atomic E-state index is -0.317. The van der Waals surface area contributed by atoms with Gasteiger partial charge in [0.15, 0.2) is 0 Å². The number of para-hydroxylation sites is 1. The van der Waals surface area contributed by atoms with Crippen molar-refractivity contribution in [1.82, 2.24) is 15.4 Å². The number of hydrogen-bond acceptors (Lipinski definition) is 5. The number of aromatic nitrogens is 2. The van der Waals surface area contributed by atoms with Crippen molar-refractivity contribution >= 4 is 34.7 Å². The van der Waals surface area contributed by atoms with Gasteiger partial charge in [-0.1, -0.05) is 42.0 Å². The first kappa shape index (κ1) is 19.1. The molecule has 1 heterocycles. The molecule has 0 unspecified atom stereocenters. The van der Waals surface area contributed by atoms with Crippen LogP contribution in [0.4, 0.5) is 11.6 Å². The predicted octanol–water partition coefficient (Wildman–Crippen LogP) is 3.74. The molecule has 1 amide bonds. The van der Waals surface area contributed by atoms with Crippen LogP contribution in [0.25, 0.3) is 10.9 Å². The van der Waals surface area contributed by atoms with Gasteiger partial charge in [0.05, 0.1) is 17.1 Å². The first-order valence-corrected chi connectivity index (χ1v) is 9.35. The number of rotatable bonds is 5. The fraction of sp³-hybridized carbons (Fsp3) is 0.0435. The highest BCUT2D eigenvalue weighted by Gasteiger charge is 2.06. The van der Waals surface area contributed by atoms with Crippen LogP contribution in [0.15, 0.2) is 82.7 Å². The van der Waals surface area contributed by atoms with E-state index in [0.29, 0.717) is 28.1 Å². The molecule has 0 radical (unpaired) electrons. The fourth-order valence-corrected chi connectivity index (χ4v) is 2.87. The van der Waals surface area contributed by atoms with Crippen molar-refractivity contribution in [2.45, 2.75) is 6.92 Å². The van der Waals surface area contributed by atoms with Gasteiger partial charge in [0, 0.05) is 11.3 Å². The van der Waals surface area contributed by atoms with Crippen molar-refractivity contribution in [1.29, 1.82) is 0 Å². The summed E-state index contributed by atoms with van der Waals surface area (Å²) in [5.74, 6) is 0.0146. The molecule has 30 heavy (non-hydrogen) atoms. The molecule has 148 valence electrons. The van der Waals surface area contributed by atoms with Crippen LogP contribution in [0.3, 0.4) is 0 Å². The van der Waals surface area contributed by atoms with Crippen molar-refractivity contribution in [3.63, 3.8) is 0 Å². The van der Waals surface area contributed by atoms with E-state index in [1.165, 1.54) is 0 Å². The van der Waals surface area contributed by atoms with E-state index in [1.54, 1.807) is 48.7 Å². The zero-order chi connectivity index (χ0) is 20.9. The Kier molecular flexibility index (Phi) is 5.34. The monoisotopic (exact) mass is 397 g/mol. The fourth-order valence-electron chi connectivity index (χ4n) is 2.87. The number of hydrogen-bond donors (Lipinski definition) is 3. The summed E-state index contributed by atoms with van der Waals surface area (Å²) in [5.41, 5.74) is 6.10. The minimum absolute atomic E-state index is 0.217. The summed E-state index contributed by atoms with van der Waals surface area (Å²) in [5, 5.41) is 7.56. The van der Waals surface area contributed by atoms with Crippen molar-refractivity contribution in [3.05, 3.63) is 99.8 Å². The molecule has 0 saturated carbocycles. The highest BCUT2D eigenvalue weighted by atomic mass is 16.2. The summed E-state index contributed by atoms with van der Waals surface area (Å²) in [4.78, 5) is 31.5. The van der Waals surface area contributed by atoms with Crippen molar-refractivity contribution in [2.75, 3.05) is 5.32 Å². The van der Waals surface area contributed by atoms with Crippen molar-refractivity contribution in [2.24, 2.45) is 5.10 Å². The third kappa shape index (κ3) is 4.41. The second kappa shape index (κ2) is 8.40. The number of hydrazone groups is 1. The lowest BCUT2D eigenvalue weighted by Gasteiger charge is -2.07. The summed E-state index contributed by atoms with van der Waals surface area (Å²) in [6.45, 7) is 2.01. The molecular weight excluding hydrogens is 378 g/mol. The lowest BCUT2D eigenvalue weighted by Crippen LogP contribution is -2.17. The normalized spacial score (nSPS) is 11.0. The van der Waals surface area contributed by atoms with Gasteiger partial charge >= 0.3 is 0 Å². The van der Waals surface area contributed by atoms with Gasteiger partial charge in [0.1, 0.15) is 0 Å². The molecule has 0 fully saturated rings. The lowest BCUT2D eigenvalue weighted by molar-refractivity contribution is 0.0955. The summed E-state index contributed by atoms with van der Waals surface area (Å²) < 4.78 is 0. The van der Waals surface area contributed by atoms with Gasteiger partial charge in [-0.2, -0.15) is 5.10 Å². The Labute approximate surface area is 172 Å². The van der Waals surface area contributed by atoms with Gasteiger partial charge in [-0.15, -0.1) is 0 Å². The third-order valence-electron chi connectivity index (χ3n) is 4.48. The lowest BCUT2D eigenvalue weighted by atomic mass is 10.2. The van der Waals surface area contributed by atoms with Gasteiger partial charge in [-0.25, -0.2) is 10.4 Å². The number of benzene rings is 3. The minimum Gasteiger partial charge on any atom is -0.326 e. The van der Waals surface area contributed by atoms with Crippen molar-refractivity contribution in [3.8, 4) is 0 Å². The molecule has 0 spiro atoms. The smallest absolute Gasteiger partial charge is 0.271 e. The summed E-state index contributed by atoms with van der Waals surface area (Å²) in [6, 6.07) is 21.7. The Balaban J connectivity index is 1.42. The number of fused-ring (bicyclic) bond motifs is 1. The molecule has 4 rings (SSSR count). The SMILES string of the molecule is Cc1ccc(/C=N\NC(=O)c2ccc(Nc3nc4ccccc4c(=O)[nH]3)cc2)cc1. The number of aryl methyl sites for hydroxylation is 1. The quantitative estimate of drug-likeness (QED) is 0.353. The van der Waals surface area contributed by atoms with Gasteiger partial charge in [-0.3, -0.25) is 14.6 Å². The van der Waals surface area contributed by atoms with Crippen LogP contribution in [0.1, 0.15) is 21.5 Å². The van der Waals surface area contributed by atoms with Crippen LogP contribution in [0.5, 0.6) is 0 Å². The Bertz CT molecular complexity index is 1280. The van der Waals surface area contributed by atoms with Crippen LogP contribution in [0.2, 0.25) is 0 Å². The molecule has 0 aliphatic carbocycles. The van der Waals surface area contributed by atoms with E-state index < -0.39 is 0 Å². The zero-order valence-electron chi connectivity index (χ0n) is 16.2. The number of nitrogens with zero attached hydrogens (tertiary/aromatic N) is 2. The van der Waals surface area contributed by atoms with E-state index in [0.717, 1.165) is 11.1 Å². The molecule has 0 aliphatic rings. The van der Waals surface area contributed by atoms with Crippen LogP contribution >= 0.6 is 0 Å². The maximum absolute atomic E-state index is 12.2. The topological polar surface area (TPSA) is 99.2 Å². The highest BCUT2D eigenvalue weighted by molar-refractivity contribution is 5.95. The Morgan fingerprint density at radius 2 is 1.73 bits per heavy atom. The zero-order valence-corrected chi connectivity index (χ0v) is 16.2. The van der Waals surface area contributed by atoms with Crippen LogP contribution in [0, 0.1) is 6.92 Å². The van der Waals surface area contributed by atoms with Gasteiger partial charge in [-0.05, 0) is 48.9 Å². The second-order valence-electron chi connectivity index (χ2n) is 6.74. The largest absolute Gasteiger partial charge is 0.326 e. The molecule has 3 aromatic carbocycles. The van der Waals surface area contributed by atoms with Gasteiger partial charge in [0.25, 0.3) is 11.5 Å². The predicted molar refractivity (Wildman–Crippen MR) is 118 cm³/mol. The molecule has 7 nitrogen and oxygen atoms in total. The number of aromatic amines is 1. The molecule has 1 aromatic heterocycles. The molecule has 4 aromatic rings. The number of H-pyrrole nitrogens is 1. The van der Waals surface area contributed by atoms with E-state index in [-0.39, 0.29) is 11.5 Å². The van der Waals surface area contributed by atoms with Gasteiger partial charge < -0.3 is 5.32 Å². The molecule has 0 atom stereocenters. The number of carbonyl (C=O) groups is 1. The third-order valence-corrected chi connectivity index (χ3v) is 4.48. The number of amides is 1.